The summed E-state index contributed by atoms with van der Waals surface area (Å²) in [6, 6.07) is -0.332. The number of carboxylic acids is 1. The fraction of sp³-hybridized carbons (Fsp3) is 0.667. The van der Waals surface area contributed by atoms with Crippen LogP contribution in [0.2, 0.25) is 0 Å². The van der Waals surface area contributed by atoms with Gasteiger partial charge in [0, 0.05) is 20.0 Å². The number of aliphatic carboxylic acids is 1. The number of carbonyl (C=O) groups is 2. The lowest BCUT2D eigenvalue weighted by Gasteiger charge is -2.41. The highest BCUT2D eigenvalue weighted by Crippen LogP contribution is 2.34. The fourth-order valence-electron chi connectivity index (χ4n) is 2.31. The summed E-state index contributed by atoms with van der Waals surface area (Å²) >= 11 is 0. The normalized spacial score (nSPS) is 16.2. The van der Waals surface area contributed by atoms with Gasteiger partial charge in [0.05, 0.1) is 12.0 Å². The standard InChI is InChI=1S/C12H19N5O3/c1-17-8-14-9(16-17)3-6-13-11(20)15-12(4-2-5-12)7-10(18)19/h8H,2-7H2,1H3,(H,18,19)(H2,13,15,20). The maximum Gasteiger partial charge on any atom is 0.315 e. The summed E-state index contributed by atoms with van der Waals surface area (Å²) in [5.41, 5.74) is -0.570. The molecular weight excluding hydrogens is 262 g/mol. The summed E-state index contributed by atoms with van der Waals surface area (Å²) in [4.78, 5) is 26.6. The van der Waals surface area contributed by atoms with Crippen LogP contribution in [-0.4, -0.2) is 44.0 Å². The number of carboxylic acid groups (broad SMARTS) is 1. The molecule has 0 unspecified atom stereocenters. The number of rotatable bonds is 6. The molecule has 0 bridgehead atoms. The summed E-state index contributed by atoms with van der Waals surface area (Å²) < 4.78 is 1.60. The molecule has 1 aliphatic carbocycles. The van der Waals surface area contributed by atoms with Crippen molar-refractivity contribution in [2.45, 2.75) is 37.6 Å². The van der Waals surface area contributed by atoms with E-state index in [0.717, 1.165) is 6.42 Å². The van der Waals surface area contributed by atoms with Crippen LogP contribution in [0.5, 0.6) is 0 Å². The molecule has 1 aromatic heterocycles. The third-order valence-corrected chi connectivity index (χ3v) is 3.46. The van der Waals surface area contributed by atoms with E-state index in [1.165, 1.54) is 0 Å². The van der Waals surface area contributed by atoms with Crippen LogP contribution in [0.15, 0.2) is 6.33 Å². The lowest BCUT2D eigenvalue weighted by Crippen LogP contribution is -2.57. The predicted octanol–water partition coefficient (Wildman–Crippen LogP) is 0.0542. The van der Waals surface area contributed by atoms with Crippen LogP contribution in [0.25, 0.3) is 0 Å². The molecule has 8 nitrogen and oxygen atoms in total. The minimum Gasteiger partial charge on any atom is -0.481 e. The van der Waals surface area contributed by atoms with Crippen molar-refractivity contribution in [3.8, 4) is 0 Å². The van der Waals surface area contributed by atoms with Gasteiger partial charge in [-0.25, -0.2) is 9.78 Å². The van der Waals surface area contributed by atoms with E-state index in [-0.39, 0.29) is 12.5 Å². The molecule has 110 valence electrons. The molecule has 1 heterocycles. The summed E-state index contributed by atoms with van der Waals surface area (Å²) in [5.74, 6) is -0.223. The minimum atomic E-state index is -0.886. The summed E-state index contributed by atoms with van der Waals surface area (Å²) in [7, 11) is 1.78. The van der Waals surface area contributed by atoms with Crippen molar-refractivity contribution < 1.29 is 14.7 Å². The molecule has 8 heteroatoms. The first-order chi connectivity index (χ1) is 9.49. The van der Waals surface area contributed by atoms with Gasteiger partial charge in [-0.05, 0) is 19.3 Å². The van der Waals surface area contributed by atoms with Gasteiger partial charge in [0.25, 0.3) is 0 Å². The zero-order valence-corrected chi connectivity index (χ0v) is 11.4. The van der Waals surface area contributed by atoms with Gasteiger partial charge in [-0.2, -0.15) is 5.10 Å². The van der Waals surface area contributed by atoms with Gasteiger partial charge in [0.15, 0.2) is 5.82 Å². The van der Waals surface area contributed by atoms with Gasteiger partial charge in [-0.3, -0.25) is 9.48 Å². The van der Waals surface area contributed by atoms with Crippen molar-refractivity contribution in [2.75, 3.05) is 6.54 Å². The van der Waals surface area contributed by atoms with Crippen molar-refractivity contribution in [2.24, 2.45) is 7.05 Å². The van der Waals surface area contributed by atoms with Crippen LogP contribution < -0.4 is 10.6 Å². The molecule has 2 rings (SSSR count). The van der Waals surface area contributed by atoms with E-state index in [4.69, 9.17) is 5.11 Å². The van der Waals surface area contributed by atoms with Crippen LogP contribution in [0.3, 0.4) is 0 Å². The Morgan fingerprint density at radius 2 is 2.25 bits per heavy atom. The van der Waals surface area contributed by atoms with Crippen molar-refractivity contribution in [3.63, 3.8) is 0 Å². The Hall–Kier alpha value is -2.12. The van der Waals surface area contributed by atoms with Crippen molar-refractivity contribution in [3.05, 3.63) is 12.2 Å². The van der Waals surface area contributed by atoms with Crippen LogP contribution in [-0.2, 0) is 18.3 Å². The maximum atomic E-state index is 11.8. The van der Waals surface area contributed by atoms with E-state index in [1.54, 1.807) is 18.1 Å². The molecule has 0 radical (unpaired) electrons. The predicted molar refractivity (Wildman–Crippen MR) is 70.1 cm³/mol. The number of aromatic nitrogens is 3. The average Bonchev–Trinajstić information content (AvgIpc) is 2.71. The van der Waals surface area contributed by atoms with Crippen molar-refractivity contribution in [1.29, 1.82) is 0 Å². The van der Waals surface area contributed by atoms with E-state index < -0.39 is 11.5 Å². The average molecular weight is 281 g/mol. The molecule has 1 aromatic rings. The van der Waals surface area contributed by atoms with Gasteiger partial charge in [-0.15, -0.1) is 0 Å². The highest BCUT2D eigenvalue weighted by molar-refractivity contribution is 5.77. The summed E-state index contributed by atoms with van der Waals surface area (Å²) in [6.07, 6.45) is 4.50. The Morgan fingerprint density at radius 3 is 2.75 bits per heavy atom. The lowest BCUT2D eigenvalue weighted by molar-refractivity contribution is -0.139. The topological polar surface area (TPSA) is 109 Å². The van der Waals surface area contributed by atoms with E-state index >= 15 is 0 Å². The van der Waals surface area contributed by atoms with Gasteiger partial charge < -0.3 is 15.7 Å². The first-order valence-electron chi connectivity index (χ1n) is 6.61. The van der Waals surface area contributed by atoms with Crippen LogP contribution in [0.4, 0.5) is 4.79 Å². The number of nitrogens with zero attached hydrogens (tertiary/aromatic N) is 3. The van der Waals surface area contributed by atoms with Crippen molar-refractivity contribution >= 4 is 12.0 Å². The third-order valence-electron chi connectivity index (χ3n) is 3.46. The fourth-order valence-corrected chi connectivity index (χ4v) is 2.31. The largest absolute Gasteiger partial charge is 0.481 e. The Morgan fingerprint density at radius 1 is 1.50 bits per heavy atom. The first-order valence-corrected chi connectivity index (χ1v) is 6.61. The SMILES string of the molecule is Cn1cnc(CCNC(=O)NC2(CC(=O)O)CCC2)n1. The van der Waals surface area contributed by atoms with Crippen molar-refractivity contribution in [1.82, 2.24) is 25.4 Å². The lowest BCUT2D eigenvalue weighted by atomic mass is 9.74. The molecule has 20 heavy (non-hydrogen) atoms. The molecule has 0 spiro atoms. The number of urea groups is 1. The second-order valence-corrected chi connectivity index (χ2v) is 5.17. The van der Waals surface area contributed by atoms with Crippen LogP contribution in [0, 0.1) is 0 Å². The molecule has 0 aliphatic heterocycles. The van der Waals surface area contributed by atoms with Gasteiger partial charge in [0.1, 0.15) is 6.33 Å². The van der Waals surface area contributed by atoms with E-state index in [1.807, 2.05) is 0 Å². The number of amides is 2. The summed E-state index contributed by atoms with van der Waals surface area (Å²) in [6.45, 7) is 0.416. The number of hydrogen-bond donors (Lipinski definition) is 3. The maximum absolute atomic E-state index is 11.8. The highest BCUT2D eigenvalue weighted by atomic mass is 16.4. The van der Waals surface area contributed by atoms with Gasteiger partial charge >= 0.3 is 12.0 Å². The highest BCUT2D eigenvalue weighted by Gasteiger charge is 2.40. The molecule has 1 aliphatic rings. The minimum absolute atomic E-state index is 0.0256. The number of aryl methyl sites for hydroxylation is 1. The van der Waals surface area contributed by atoms with Crippen LogP contribution in [0.1, 0.15) is 31.5 Å². The molecule has 3 N–H and O–H groups in total. The Kier molecular flexibility index (Phi) is 4.21. The quantitative estimate of drug-likeness (QED) is 0.683. The Balaban J connectivity index is 1.73. The summed E-state index contributed by atoms with van der Waals surface area (Å²) in [5, 5.41) is 18.4. The second kappa shape index (κ2) is 5.89. The smallest absolute Gasteiger partial charge is 0.315 e. The molecule has 1 saturated carbocycles. The van der Waals surface area contributed by atoms with E-state index in [0.29, 0.717) is 31.6 Å². The zero-order valence-electron chi connectivity index (χ0n) is 11.4. The van der Waals surface area contributed by atoms with E-state index in [9.17, 15) is 9.59 Å². The van der Waals surface area contributed by atoms with E-state index in [2.05, 4.69) is 20.7 Å². The Labute approximate surface area is 116 Å². The third kappa shape index (κ3) is 3.69. The van der Waals surface area contributed by atoms with Gasteiger partial charge in [0.2, 0.25) is 0 Å². The van der Waals surface area contributed by atoms with Gasteiger partial charge in [-0.1, -0.05) is 0 Å². The first kappa shape index (κ1) is 14.3. The molecule has 2 amide bonds. The molecule has 0 aromatic carbocycles. The molecule has 0 saturated heterocycles. The number of hydrogen-bond acceptors (Lipinski definition) is 4. The number of carbonyl (C=O) groups excluding carboxylic acids is 1. The number of nitrogens with one attached hydrogen (secondary N) is 2. The molecule has 0 atom stereocenters. The monoisotopic (exact) mass is 281 g/mol. The second-order valence-electron chi connectivity index (χ2n) is 5.17. The van der Waals surface area contributed by atoms with Crippen LogP contribution >= 0.6 is 0 Å². The molecular formula is C12H19N5O3. The zero-order chi connectivity index (χ0) is 14.6. The molecule has 1 fully saturated rings. The Bertz CT molecular complexity index is 495.